The van der Waals surface area contributed by atoms with Crippen LogP contribution >= 0.6 is 15.9 Å². The Morgan fingerprint density at radius 2 is 2.23 bits per heavy atom. The van der Waals surface area contributed by atoms with E-state index in [0.717, 1.165) is 5.69 Å². The molecule has 0 aliphatic rings. The molecule has 0 spiro atoms. The van der Waals surface area contributed by atoms with Crippen molar-refractivity contribution in [2.24, 2.45) is 0 Å². The van der Waals surface area contributed by atoms with Crippen molar-refractivity contribution in [3.8, 4) is 5.69 Å². The van der Waals surface area contributed by atoms with Crippen molar-refractivity contribution in [2.45, 2.75) is 0 Å². The summed E-state index contributed by atoms with van der Waals surface area (Å²) in [7, 11) is 0. The lowest BCUT2D eigenvalue weighted by Crippen LogP contribution is -1.96. The number of halogens is 2. The smallest absolute Gasteiger partial charge is 0.124 e. The van der Waals surface area contributed by atoms with Gasteiger partial charge < -0.3 is 0 Å². The zero-order valence-electron chi connectivity index (χ0n) is 6.48. The summed E-state index contributed by atoms with van der Waals surface area (Å²) in [5, 5.41) is 7.45. The van der Waals surface area contributed by atoms with E-state index in [1.165, 1.54) is 12.1 Å². The van der Waals surface area contributed by atoms with E-state index in [0.29, 0.717) is 4.47 Å². The molecule has 0 atom stereocenters. The molecule has 1 heterocycles. The van der Waals surface area contributed by atoms with Crippen molar-refractivity contribution < 1.29 is 4.39 Å². The molecule has 2 aromatic rings. The molecule has 0 fully saturated rings. The molecule has 1 aromatic heterocycles. The van der Waals surface area contributed by atoms with Crippen LogP contribution in [0.2, 0.25) is 0 Å². The van der Waals surface area contributed by atoms with Crippen LogP contribution in [0.1, 0.15) is 0 Å². The first-order valence-electron chi connectivity index (χ1n) is 3.59. The average molecular weight is 242 g/mol. The summed E-state index contributed by atoms with van der Waals surface area (Å²) in [6.45, 7) is 0. The van der Waals surface area contributed by atoms with Crippen LogP contribution in [0, 0.1) is 5.82 Å². The summed E-state index contributed by atoms with van der Waals surface area (Å²) in [5.41, 5.74) is 0.763. The number of benzene rings is 1. The van der Waals surface area contributed by atoms with Gasteiger partial charge in [-0.2, -0.15) is 0 Å². The highest BCUT2D eigenvalue weighted by atomic mass is 79.9. The molecule has 0 saturated heterocycles. The molecule has 0 unspecified atom stereocenters. The summed E-state index contributed by atoms with van der Waals surface area (Å²) in [6.07, 6.45) is 3.26. The molecule has 0 bridgehead atoms. The van der Waals surface area contributed by atoms with Gasteiger partial charge in [-0.05, 0) is 34.1 Å². The lowest BCUT2D eigenvalue weighted by molar-refractivity contribution is 0.625. The zero-order chi connectivity index (χ0) is 9.26. The Hall–Kier alpha value is -1.23. The van der Waals surface area contributed by atoms with E-state index < -0.39 is 0 Å². The second-order valence-corrected chi connectivity index (χ2v) is 3.30. The van der Waals surface area contributed by atoms with Crippen molar-refractivity contribution in [1.29, 1.82) is 0 Å². The topological polar surface area (TPSA) is 30.7 Å². The summed E-state index contributed by atoms with van der Waals surface area (Å²) in [4.78, 5) is 0. The molecule has 66 valence electrons. The van der Waals surface area contributed by atoms with Gasteiger partial charge in [-0.25, -0.2) is 9.07 Å². The van der Waals surface area contributed by atoms with Crippen LogP contribution in [0.15, 0.2) is 35.1 Å². The third-order valence-electron chi connectivity index (χ3n) is 1.58. The summed E-state index contributed by atoms with van der Waals surface area (Å²) >= 11 is 3.24. The van der Waals surface area contributed by atoms with Crippen LogP contribution in [0.3, 0.4) is 0 Å². The fourth-order valence-corrected chi connectivity index (χ4v) is 1.54. The molecular weight excluding hydrogens is 237 g/mol. The van der Waals surface area contributed by atoms with Crippen LogP contribution in [0.4, 0.5) is 4.39 Å². The van der Waals surface area contributed by atoms with Crippen LogP contribution in [-0.2, 0) is 0 Å². The Balaban J connectivity index is 2.53. The number of rotatable bonds is 1. The van der Waals surface area contributed by atoms with Crippen molar-refractivity contribution >= 4 is 15.9 Å². The maximum Gasteiger partial charge on any atom is 0.124 e. The van der Waals surface area contributed by atoms with Gasteiger partial charge in [0.25, 0.3) is 0 Å². The lowest BCUT2D eigenvalue weighted by atomic mass is 10.3. The summed E-state index contributed by atoms with van der Waals surface area (Å²) in [5.74, 6) is -0.282. The molecule has 0 N–H and O–H groups in total. The predicted molar refractivity (Wildman–Crippen MR) is 49.0 cm³/mol. The third kappa shape index (κ3) is 1.60. The molecule has 0 amide bonds. The Labute approximate surface area is 82.3 Å². The predicted octanol–water partition coefficient (Wildman–Crippen LogP) is 2.17. The molecule has 5 heteroatoms. The van der Waals surface area contributed by atoms with E-state index in [9.17, 15) is 4.39 Å². The van der Waals surface area contributed by atoms with Crippen LogP contribution in [-0.4, -0.2) is 15.0 Å². The first-order chi connectivity index (χ1) is 6.27. The van der Waals surface area contributed by atoms with Crippen LogP contribution in [0.25, 0.3) is 5.69 Å². The second kappa shape index (κ2) is 3.26. The molecule has 2 rings (SSSR count). The zero-order valence-corrected chi connectivity index (χ0v) is 8.07. The third-order valence-corrected chi connectivity index (χ3v) is 2.21. The quantitative estimate of drug-likeness (QED) is 0.767. The first kappa shape index (κ1) is 8.37. The van der Waals surface area contributed by atoms with Crippen molar-refractivity contribution in [1.82, 2.24) is 15.0 Å². The van der Waals surface area contributed by atoms with E-state index in [2.05, 4.69) is 26.2 Å². The Bertz CT molecular complexity index is 413. The largest absolute Gasteiger partial charge is 0.220 e. The van der Waals surface area contributed by atoms with Gasteiger partial charge in [-0.1, -0.05) is 5.21 Å². The maximum absolute atomic E-state index is 12.7. The standard InChI is InChI=1S/C8H5BrFN3/c9-7-5-6(10)1-2-8(7)13-4-3-11-12-13/h1-5H. The summed E-state index contributed by atoms with van der Waals surface area (Å²) < 4.78 is 14.9. The molecule has 0 aliphatic heterocycles. The molecule has 0 aliphatic carbocycles. The van der Waals surface area contributed by atoms with Gasteiger partial charge in [-0.15, -0.1) is 5.10 Å². The second-order valence-electron chi connectivity index (χ2n) is 2.44. The molecule has 3 nitrogen and oxygen atoms in total. The van der Waals surface area contributed by atoms with Crippen molar-refractivity contribution in [3.63, 3.8) is 0 Å². The van der Waals surface area contributed by atoms with E-state index >= 15 is 0 Å². The Morgan fingerprint density at radius 1 is 1.38 bits per heavy atom. The highest BCUT2D eigenvalue weighted by molar-refractivity contribution is 9.10. The van der Waals surface area contributed by atoms with Crippen LogP contribution in [0.5, 0.6) is 0 Å². The molecule has 1 aromatic carbocycles. The first-order valence-corrected chi connectivity index (χ1v) is 4.38. The number of nitrogens with zero attached hydrogens (tertiary/aromatic N) is 3. The van der Waals surface area contributed by atoms with Gasteiger partial charge in [-0.3, -0.25) is 0 Å². The van der Waals surface area contributed by atoms with Gasteiger partial charge in [0.1, 0.15) is 5.82 Å². The highest BCUT2D eigenvalue weighted by Crippen LogP contribution is 2.20. The number of hydrogen-bond acceptors (Lipinski definition) is 2. The Kier molecular flexibility index (Phi) is 2.10. The minimum absolute atomic E-state index is 0.282. The minimum Gasteiger partial charge on any atom is -0.220 e. The monoisotopic (exact) mass is 241 g/mol. The fourth-order valence-electron chi connectivity index (χ4n) is 1.00. The maximum atomic E-state index is 12.7. The van der Waals surface area contributed by atoms with Gasteiger partial charge in [0.15, 0.2) is 0 Å². The average Bonchev–Trinajstić information content (AvgIpc) is 2.56. The summed E-state index contributed by atoms with van der Waals surface area (Å²) in [6, 6.07) is 4.40. The van der Waals surface area contributed by atoms with Gasteiger partial charge in [0.2, 0.25) is 0 Å². The van der Waals surface area contributed by atoms with E-state index in [1.807, 2.05) is 0 Å². The highest BCUT2D eigenvalue weighted by Gasteiger charge is 2.03. The van der Waals surface area contributed by atoms with Crippen molar-refractivity contribution in [3.05, 3.63) is 40.9 Å². The van der Waals surface area contributed by atoms with E-state index in [1.54, 1.807) is 23.1 Å². The molecular formula is C8H5BrFN3. The van der Waals surface area contributed by atoms with Crippen LogP contribution < -0.4 is 0 Å². The SMILES string of the molecule is Fc1ccc(-n2ccnn2)c(Br)c1. The molecule has 0 radical (unpaired) electrons. The Morgan fingerprint density at radius 3 is 2.85 bits per heavy atom. The number of aromatic nitrogens is 3. The van der Waals surface area contributed by atoms with E-state index in [-0.39, 0.29) is 5.82 Å². The fraction of sp³-hybridized carbons (Fsp3) is 0. The van der Waals surface area contributed by atoms with Crippen molar-refractivity contribution in [2.75, 3.05) is 0 Å². The van der Waals surface area contributed by atoms with Gasteiger partial charge in [0, 0.05) is 4.47 Å². The lowest BCUT2D eigenvalue weighted by Gasteiger charge is -2.02. The normalized spacial score (nSPS) is 10.3. The number of hydrogen-bond donors (Lipinski definition) is 0. The molecule has 0 saturated carbocycles. The van der Waals surface area contributed by atoms with Gasteiger partial charge in [0.05, 0.1) is 18.1 Å². The van der Waals surface area contributed by atoms with E-state index in [4.69, 9.17) is 0 Å². The van der Waals surface area contributed by atoms with Gasteiger partial charge >= 0.3 is 0 Å². The molecule has 13 heavy (non-hydrogen) atoms. The minimum atomic E-state index is -0.282.